The van der Waals surface area contributed by atoms with Gasteiger partial charge in [-0.15, -0.1) is 24.0 Å². The molecule has 1 saturated heterocycles. The normalized spacial score (nSPS) is 18.2. The third-order valence-electron chi connectivity index (χ3n) is 6.25. The van der Waals surface area contributed by atoms with Crippen LogP contribution in [0.2, 0.25) is 0 Å². The molecular formula is C25H42IN5O2. The molecule has 0 bridgehead atoms. The number of guanidine groups is 1. The van der Waals surface area contributed by atoms with Crippen LogP contribution < -0.4 is 16.0 Å². The second-order valence-electron chi connectivity index (χ2n) is 9.33. The first-order valence-electron chi connectivity index (χ1n) is 12.3. The lowest BCUT2D eigenvalue weighted by atomic mass is 9.85. The molecule has 1 atom stereocenters. The second kappa shape index (κ2) is 14.8. The van der Waals surface area contributed by atoms with Crippen LogP contribution in [0.25, 0.3) is 0 Å². The molecule has 2 aliphatic rings. The van der Waals surface area contributed by atoms with Gasteiger partial charge in [-0.2, -0.15) is 0 Å². The highest BCUT2D eigenvalue weighted by Gasteiger charge is 2.25. The van der Waals surface area contributed by atoms with E-state index in [1.54, 1.807) is 0 Å². The monoisotopic (exact) mass is 571 g/mol. The molecule has 7 nitrogen and oxygen atoms in total. The van der Waals surface area contributed by atoms with Crippen molar-refractivity contribution in [3.63, 3.8) is 0 Å². The van der Waals surface area contributed by atoms with Gasteiger partial charge >= 0.3 is 0 Å². The number of hydrogen-bond acceptors (Lipinski definition) is 4. The van der Waals surface area contributed by atoms with Gasteiger partial charge in [-0.05, 0) is 49.8 Å². The van der Waals surface area contributed by atoms with Gasteiger partial charge in [0.25, 0.3) is 0 Å². The van der Waals surface area contributed by atoms with Crippen molar-refractivity contribution in [3.8, 4) is 0 Å². The standard InChI is InChI=1S/C25H41N5O2.HI/c1-4-26-25(28-18-23(15-19(2)3)30-11-13-32-14-12-30)27-17-20-7-5-10-22(16-20)29-24(31)21-8-6-9-21;/h5,7,10,16,19,21,23H,4,6,8-9,11-15,17-18H2,1-3H3,(H,29,31)(H2,26,27,28);1H. The van der Waals surface area contributed by atoms with Crippen LogP contribution in [-0.4, -0.2) is 62.2 Å². The molecular weight excluding hydrogens is 529 g/mol. The van der Waals surface area contributed by atoms with Gasteiger partial charge in [-0.25, -0.2) is 4.99 Å². The molecule has 0 aromatic heterocycles. The third-order valence-corrected chi connectivity index (χ3v) is 6.25. The predicted molar refractivity (Wildman–Crippen MR) is 146 cm³/mol. The number of carbonyl (C=O) groups is 1. The van der Waals surface area contributed by atoms with Crippen molar-refractivity contribution in [2.45, 2.75) is 59.0 Å². The van der Waals surface area contributed by atoms with E-state index in [1.165, 1.54) is 0 Å². The Morgan fingerprint density at radius 3 is 2.61 bits per heavy atom. The zero-order valence-corrected chi connectivity index (χ0v) is 22.8. The van der Waals surface area contributed by atoms with Crippen LogP contribution in [0.1, 0.15) is 52.0 Å². The highest BCUT2D eigenvalue weighted by atomic mass is 127. The lowest BCUT2D eigenvalue weighted by Crippen LogP contribution is -2.51. The number of aliphatic imine (C=N–C) groups is 1. The minimum Gasteiger partial charge on any atom is -0.379 e. The number of carbonyl (C=O) groups excluding carboxylic acids is 1. The van der Waals surface area contributed by atoms with Gasteiger partial charge in [-0.3, -0.25) is 9.69 Å². The van der Waals surface area contributed by atoms with Gasteiger partial charge in [0, 0.05) is 43.8 Å². The Hall–Kier alpha value is -1.39. The van der Waals surface area contributed by atoms with Crippen molar-refractivity contribution in [2.24, 2.45) is 16.8 Å². The molecule has 2 fully saturated rings. The SMILES string of the molecule is CCNC(=NCc1cccc(NC(=O)C2CCC2)c1)NCC(CC(C)C)N1CCOCC1.I. The number of ether oxygens (including phenoxy) is 1. The second-order valence-corrected chi connectivity index (χ2v) is 9.33. The summed E-state index contributed by atoms with van der Waals surface area (Å²) in [6.45, 7) is 12.5. The molecule has 186 valence electrons. The molecule has 0 radical (unpaired) electrons. The Morgan fingerprint density at radius 1 is 1.21 bits per heavy atom. The van der Waals surface area contributed by atoms with Crippen LogP contribution in [0.3, 0.4) is 0 Å². The highest BCUT2D eigenvalue weighted by Crippen LogP contribution is 2.27. The fourth-order valence-electron chi connectivity index (χ4n) is 4.24. The molecule has 1 unspecified atom stereocenters. The van der Waals surface area contributed by atoms with Crippen molar-refractivity contribution >= 4 is 41.5 Å². The quantitative estimate of drug-likeness (QED) is 0.226. The van der Waals surface area contributed by atoms with Gasteiger partial charge in [0.2, 0.25) is 5.91 Å². The minimum atomic E-state index is 0. The zero-order chi connectivity index (χ0) is 22.8. The predicted octanol–water partition coefficient (Wildman–Crippen LogP) is 3.85. The molecule has 33 heavy (non-hydrogen) atoms. The summed E-state index contributed by atoms with van der Waals surface area (Å²) in [5.41, 5.74) is 1.94. The summed E-state index contributed by atoms with van der Waals surface area (Å²) in [7, 11) is 0. The highest BCUT2D eigenvalue weighted by molar-refractivity contribution is 14.0. The number of halogens is 1. The Bertz CT molecular complexity index is 748. The molecule has 3 N–H and O–H groups in total. The molecule has 8 heteroatoms. The fraction of sp³-hybridized carbons (Fsp3) is 0.680. The molecule has 1 saturated carbocycles. The Morgan fingerprint density at radius 2 is 1.97 bits per heavy atom. The summed E-state index contributed by atoms with van der Waals surface area (Å²) < 4.78 is 5.54. The van der Waals surface area contributed by atoms with Crippen LogP contribution in [0, 0.1) is 11.8 Å². The van der Waals surface area contributed by atoms with Crippen LogP contribution in [0.15, 0.2) is 29.3 Å². The topological polar surface area (TPSA) is 78.0 Å². The number of morpholine rings is 1. The Balaban J connectivity index is 0.00000385. The average molecular weight is 572 g/mol. The number of hydrogen-bond donors (Lipinski definition) is 3. The number of rotatable bonds is 10. The molecule has 0 spiro atoms. The third kappa shape index (κ3) is 9.41. The van der Waals surface area contributed by atoms with Gasteiger partial charge in [0.15, 0.2) is 5.96 Å². The number of nitrogens with one attached hydrogen (secondary N) is 3. The van der Waals surface area contributed by atoms with Crippen LogP contribution >= 0.6 is 24.0 Å². The Labute approximate surface area is 216 Å². The van der Waals surface area contributed by atoms with Gasteiger partial charge in [-0.1, -0.05) is 32.4 Å². The van der Waals surface area contributed by atoms with Crippen LogP contribution in [0.5, 0.6) is 0 Å². The lowest BCUT2D eigenvalue weighted by molar-refractivity contribution is -0.122. The van der Waals surface area contributed by atoms with E-state index in [1.807, 2.05) is 18.2 Å². The number of nitrogens with zero attached hydrogens (tertiary/aromatic N) is 2. The summed E-state index contributed by atoms with van der Waals surface area (Å²) in [5, 5.41) is 9.98. The van der Waals surface area contributed by atoms with Crippen molar-refractivity contribution < 1.29 is 9.53 Å². The molecule has 3 rings (SSSR count). The van der Waals surface area contributed by atoms with E-state index in [9.17, 15) is 4.79 Å². The van der Waals surface area contributed by atoms with E-state index in [2.05, 4.69) is 47.7 Å². The average Bonchev–Trinajstić information content (AvgIpc) is 2.74. The van der Waals surface area contributed by atoms with Gasteiger partial charge in [0.05, 0.1) is 19.8 Å². The Kier molecular flexibility index (Phi) is 12.5. The summed E-state index contributed by atoms with van der Waals surface area (Å²) in [4.78, 5) is 19.6. The van der Waals surface area contributed by atoms with E-state index >= 15 is 0 Å². The molecule has 1 aliphatic carbocycles. The van der Waals surface area contributed by atoms with Gasteiger partial charge in [0.1, 0.15) is 0 Å². The fourth-order valence-corrected chi connectivity index (χ4v) is 4.24. The van der Waals surface area contributed by atoms with Crippen molar-refractivity contribution in [1.29, 1.82) is 0 Å². The molecule has 1 aromatic rings. The van der Waals surface area contributed by atoms with Gasteiger partial charge < -0.3 is 20.7 Å². The first-order chi connectivity index (χ1) is 15.5. The van der Waals surface area contributed by atoms with Crippen molar-refractivity contribution in [3.05, 3.63) is 29.8 Å². The molecule has 1 heterocycles. The lowest BCUT2D eigenvalue weighted by Gasteiger charge is -2.35. The smallest absolute Gasteiger partial charge is 0.227 e. The maximum Gasteiger partial charge on any atom is 0.227 e. The zero-order valence-electron chi connectivity index (χ0n) is 20.4. The number of anilines is 1. The molecule has 1 aliphatic heterocycles. The molecule has 1 aromatic carbocycles. The number of amides is 1. The van der Waals surface area contributed by atoms with E-state index in [-0.39, 0.29) is 35.8 Å². The summed E-state index contributed by atoms with van der Waals surface area (Å²) in [6.07, 6.45) is 4.33. The molecule has 1 amide bonds. The summed E-state index contributed by atoms with van der Waals surface area (Å²) >= 11 is 0. The van der Waals surface area contributed by atoms with Crippen molar-refractivity contribution in [2.75, 3.05) is 44.7 Å². The maximum absolute atomic E-state index is 12.2. The minimum absolute atomic E-state index is 0. The van der Waals surface area contributed by atoms with E-state index in [0.717, 1.165) is 82.3 Å². The maximum atomic E-state index is 12.2. The van der Waals surface area contributed by atoms with Crippen molar-refractivity contribution in [1.82, 2.24) is 15.5 Å². The summed E-state index contributed by atoms with van der Waals surface area (Å²) in [5.74, 6) is 1.80. The van der Waals surface area contributed by atoms with E-state index < -0.39 is 0 Å². The van der Waals surface area contributed by atoms with E-state index in [4.69, 9.17) is 9.73 Å². The first kappa shape index (κ1) is 27.9. The largest absolute Gasteiger partial charge is 0.379 e. The van der Waals surface area contributed by atoms with Crippen LogP contribution in [0.4, 0.5) is 5.69 Å². The number of benzene rings is 1. The van der Waals surface area contributed by atoms with E-state index in [0.29, 0.717) is 18.5 Å². The summed E-state index contributed by atoms with van der Waals surface area (Å²) in [6, 6.07) is 8.48. The first-order valence-corrected chi connectivity index (χ1v) is 12.3. The van der Waals surface area contributed by atoms with Crippen LogP contribution in [-0.2, 0) is 16.1 Å².